The number of ether oxygens (including phenoxy) is 1. The van der Waals surface area contributed by atoms with Crippen molar-refractivity contribution in [1.82, 2.24) is 5.32 Å². The van der Waals surface area contributed by atoms with Crippen molar-refractivity contribution in [1.29, 1.82) is 0 Å². The van der Waals surface area contributed by atoms with Crippen LogP contribution in [0.5, 0.6) is 5.75 Å². The van der Waals surface area contributed by atoms with Gasteiger partial charge in [-0.05, 0) is 30.5 Å². The molecule has 0 heterocycles. The van der Waals surface area contributed by atoms with Crippen LogP contribution in [0, 0.1) is 5.92 Å². The number of hydrogen-bond donors (Lipinski definition) is 3. The van der Waals surface area contributed by atoms with E-state index in [0.717, 1.165) is 18.4 Å². The summed E-state index contributed by atoms with van der Waals surface area (Å²) in [7, 11) is 0. The number of nitrogens with two attached hydrogens (primary N) is 1. The first kappa shape index (κ1) is 17.9. The third kappa shape index (κ3) is 5.32. The molecule has 2 aromatic rings. The Hall–Kier alpha value is -2.86. The molecule has 1 aliphatic carbocycles. The normalized spacial score (nSPS) is 14.3. The van der Waals surface area contributed by atoms with Crippen molar-refractivity contribution in [2.24, 2.45) is 11.7 Å². The number of carbonyl (C=O) groups is 2. The summed E-state index contributed by atoms with van der Waals surface area (Å²) in [6, 6.07) is 16.4. The van der Waals surface area contributed by atoms with E-state index in [1.807, 2.05) is 30.3 Å². The Kier molecular flexibility index (Phi) is 5.86. The number of hydrogen-bond acceptors (Lipinski definition) is 4. The third-order valence-electron chi connectivity index (χ3n) is 4.17. The predicted molar refractivity (Wildman–Crippen MR) is 99.7 cm³/mol. The minimum Gasteiger partial charge on any atom is -0.484 e. The third-order valence-corrected chi connectivity index (χ3v) is 4.17. The molecule has 6 nitrogen and oxygen atoms in total. The zero-order valence-electron chi connectivity index (χ0n) is 14.5. The molecule has 1 unspecified atom stereocenters. The van der Waals surface area contributed by atoms with Crippen molar-refractivity contribution >= 4 is 17.5 Å². The standard InChI is InChI=1S/C20H23N3O3/c21-18(14-5-2-1-3-6-14)12-22-19(24)13-26-17-8-4-7-16(11-17)23-20(25)15-9-10-15/h1-8,11,15,18H,9-10,12-13,21H2,(H,22,24)(H,23,25). The van der Waals surface area contributed by atoms with Crippen LogP contribution in [0.1, 0.15) is 24.4 Å². The van der Waals surface area contributed by atoms with Crippen molar-refractivity contribution in [2.45, 2.75) is 18.9 Å². The van der Waals surface area contributed by atoms with Crippen LogP contribution < -0.4 is 21.1 Å². The van der Waals surface area contributed by atoms with Crippen LogP contribution in [0.2, 0.25) is 0 Å². The predicted octanol–water partition coefficient (Wildman–Crippen LogP) is 2.23. The van der Waals surface area contributed by atoms with Crippen LogP contribution in [0.3, 0.4) is 0 Å². The Morgan fingerprint density at radius 3 is 2.62 bits per heavy atom. The van der Waals surface area contributed by atoms with Gasteiger partial charge in [0.15, 0.2) is 6.61 Å². The number of amides is 2. The van der Waals surface area contributed by atoms with Gasteiger partial charge >= 0.3 is 0 Å². The molecule has 4 N–H and O–H groups in total. The fourth-order valence-corrected chi connectivity index (χ4v) is 2.50. The number of benzene rings is 2. The van der Waals surface area contributed by atoms with Crippen molar-refractivity contribution in [2.75, 3.05) is 18.5 Å². The van der Waals surface area contributed by atoms with E-state index in [0.29, 0.717) is 18.0 Å². The second kappa shape index (κ2) is 8.49. The molecule has 1 aliphatic rings. The molecule has 26 heavy (non-hydrogen) atoms. The maximum absolute atomic E-state index is 12.0. The van der Waals surface area contributed by atoms with E-state index in [2.05, 4.69) is 10.6 Å². The molecule has 3 rings (SSSR count). The fraction of sp³-hybridized carbons (Fsp3) is 0.300. The van der Waals surface area contributed by atoms with Crippen LogP contribution in [0.15, 0.2) is 54.6 Å². The molecule has 0 spiro atoms. The second-order valence-corrected chi connectivity index (χ2v) is 6.40. The van der Waals surface area contributed by atoms with E-state index in [1.54, 1.807) is 24.3 Å². The smallest absolute Gasteiger partial charge is 0.258 e. The molecule has 0 aromatic heterocycles. The van der Waals surface area contributed by atoms with Crippen LogP contribution in [-0.4, -0.2) is 25.0 Å². The van der Waals surface area contributed by atoms with Gasteiger partial charge in [-0.1, -0.05) is 36.4 Å². The van der Waals surface area contributed by atoms with Gasteiger partial charge < -0.3 is 21.1 Å². The number of nitrogens with one attached hydrogen (secondary N) is 2. The molecule has 136 valence electrons. The van der Waals surface area contributed by atoms with Gasteiger partial charge in [-0.3, -0.25) is 9.59 Å². The highest BCUT2D eigenvalue weighted by Gasteiger charge is 2.29. The molecule has 0 bridgehead atoms. The van der Waals surface area contributed by atoms with E-state index in [4.69, 9.17) is 10.5 Å². The van der Waals surface area contributed by atoms with E-state index < -0.39 is 0 Å². The lowest BCUT2D eigenvalue weighted by molar-refractivity contribution is -0.123. The summed E-state index contributed by atoms with van der Waals surface area (Å²) in [5.41, 5.74) is 7.69. The van der Waals surface area contributed by atoms with Crippen molar-refractivity contribution in [3.05, 3.63) is 60.2 Å². The Balaban J connectivity index is 1.43. The zero-order chi connectivity index (χ0) is 18.4. The molecule has 0 radical (unpaired) electrons. The van der Waals surface area contributed by atoms with Crippen LogP contribution in [0.4, 0.5) is 5.69 Å². The van der Waals surface area contributed by atoms with Gasteiger partial charge in [0.25, 0.3) is 5.91 Å². The maximum atomic E-state index is 12.0. The summed E-state index contributed by atoms with van der Waals surface area (Å²) in [4.78, 5) is 23.7. The number of anilines is 1. The summed E-state index contributed by atoms with van der Waals surface area (Å²) in [6.45, 7) is 0.227. The Labute approximate surface area is 152 Å². The topological polar surface area (TPSA) is 93.4 Å². The molecule has 0 saturated heterocycles. The summed E-state index contributed by atoms with van der Waals surface area (Å²) in [6.07, 6.45) is 1.90. The lowest BCUT2D eigenvalue weighted by atomic mass is 10.1. The molecule has 0 aliphatic heterocycles. The van der Waals surface area contributed by atoms with Gasteiger partial charge in [0.05, 0.1) is 0 Å². The van der Waals surface area contributed by atoms with E-state index in [-0.39, 0.29) is 30.4 Å². The van der Waals surface area contributed by atoms with Crippen molar-refractivity contribution in [3.63, 3.8) is 0 Å². The summed E-state index contributed by atoms with van der Waals surface area (Å²) in [5.74, 6) is 0.457. The van der Waals surface area contributed by atoms with Gasteiger partial charge in [-0.2, -0.15) is 0 Å². The molecule has 6 heteroatoms. The number of rotatable bonds is 8. The summed E-state index contributed by atoms with van der Waals surface area (Å²) >= 11 is 0. The minimum absolute atomic E-state index is 0.0368. The van der Waals surface area contributed by atoms with Gasteiger partial charge in [0.1, 0.15) is 5.75 Å². The zero-order valence-corrected chi connectivity index (χ0v) is 14.5. The first-order valence-electron chi connectivity index (χ1n) is 8.73. The van der Waals surface area contributed by atoms with E-state index in [9.17, 15) is 9.59 Å². The Morgan fingerprint density at radius 1 is 1.12 bits per heavy atom. The lowest BCUT2D eigenvalue weighted by Gasteiger charge is -2.13. The molecular weight excluding hydrogens is 330 g/mol. The molecular formula is C20H23N3O3. The first-order chi connectivity index (χ1) is 12.6. The highest BCUT2D eigenvalue weighted by atomic mass is 16.5. The fourth-order valence-electron chi connectivity index (χ4n) is 2.50. The lowest BCUT2D eigenvalue weighted by Crippen LogP contribution is -2.35. The highest BCUT2D eigenvalue weighted by molar-refractivity contribution is 5.94. The molecule has 1 fully saturated rings. The highest BCUT2D eigenvalue weighted by Crippen LogP contribution is 2.30. The van der Waals surface area contributed by atoms with Crippen LogP contribution in [0.25, 0.3) is 0 Å². The van der Waals surface area contributed by atoms with E-state index >= 15 is 0 Å². The van der Waals surface area contributed by atoms with Crippen LogP contribution >= 0.6 is 0 Å². The molecule has 1 saturated carbocycles. The average Bonchev–Trinajstić information content (AvgIpc) is 3.51. The van der Waals surface area contributed by atoms with E-state index in [1.165, 1.54) is 0 Å². The monoisotopic (exact) mass is 353 g/mol. The molecule has 2 amide bonds. The van der Waals surface area contributed by atoms with Crippen LogP contribution in [-0.2, 0) is 9.59 Å². The van der Waals surface area contributed by atoms with Gasteiger partial charge in [-0.25, -0.2) is 0 Å². The largest absolute Gasteiger partial charge is 0.484 e. The molecule has 1 atom stereocenters. The summed E-state index contributed by atoms with van der Waals surface area (Å²) < 4.78 is 5.50. The first-order valence-corrected chi connectivity index (χ1v) is 8.73. The van der Waals surface area contributed by atoms with Crippen molar-refractivity contribution < 1.29 is 14.3 Å². The summed E-state index contributed by atoms with van der Waals surface area (Å²) in [5, 5.41) is 5.62. The quantitative estimate of drug-likeness (QED) is 0.678. The maximum Gasteiger partial charge on any atom is 0.258 e. The van der Waals surface area contributed by atoms with Crippen molar-refractivity contribution in [3.8, 4) is 5.75 Å². The average molecular weight is 353 g/mol. The van der Waals surface area contributed by atoms with Gasteiger partial charge in [0, 0.05) is 30.3 Å². The second-order valence-electron chi connectivity index (χ2n) is 6.40. The number of carbonyl (C=O) groups excluding carboxylic acids is 2. The SMILES string of the molecule is NC(CNC(=O)COc1cccc(NC(=O)C2CC2)c1)c1ccccc1. The molecule has 2 aromatic carbocycles. The van der Waals surface area contributed by atoms with Gasteiger partial charge in [0.2, 0.25) is 5.91 Å². The Bertz CT molecular complexity index is 760. The minimum atomic E-state index is -0.263. The Morgan fingerprint density at radius 2 is 1.88 bits per heavy atom. The van der Waals surface area contributed by atoms with Gasteiger partial charge in [-0.15, -0.1) is 0 Å².